The van der Waals surface area contributed by atoms with E-state index in [1.807, 2.05) is 6.92 Å². The molecule has 0 saturated carbocycles. The average Bonchev–Trinajstić information content (AvgIpc) is 2.67. The Morgan fingerprint density at radius 2 is 2.37 bits per heavy atom. The number of rotatable bonds is 3. The molecule has 8 heteroatoms. The highest BCUT2D eigenvalue weighted by Crippen LogP contribution is 2.17. The van der Waals surface area contributed by atoms with Gasteiger partial charge in [0.05, 0.1) is 19.6 Å². The summed E-state index contributed by atoms with van der Waals surface area (Å²) >= 11 is 6.42. The number of aryl methyl sites for hydroxylation is 1. The van der Waals surface area contributed by atoms with Crippen LogP contribution in [-0.2, 0) is 20.7 Å². The Balaban J connectivity index is 2.12. The fourth-order valence-corrected chi connectivity index (χ4v) is 3.26. The summed E-state index contributed by atoms with van der Waals surface area (Å²) in [6, 6.07) is -0.673. The largest absolute Gasteiger partial charge is 0.377 e. The molecule has 2 rings (SSSR count). The molecular weight excluding hydrogens is 286 g/mol. The van der Waals surface area contributed by atoms with Gasteiger partial charge in [-0.25, -0.2) is 0 Å². The molecule has 1 aromatic heterocycles. The number of hydrogen-bond donors (Lipinski definition) is 2. The van der Waals surface area contributed by atoms with Gasteiger partial charge < -0.3 is 20.4 Å². The van der Waals surface area contributed by atoms with E-state index in [1.165, 1.54) is 16.2 Å². The lowest BCUT2D eigenvalue weighted by molar-refractivity contribution is -0.146. The SMILES string of the molecule is Cc1[nH]c(=S)sc1CC(=O)N1CCOCC1C(N)=O. The van der Waals surface area contributed by atoms with Gasteiger partial charge in [0.1, 0.15) is 6.04 Å². The van der Waals surface area contributed by atoms with Gasteiger partial charge in [-0.3, -0.25) is 9.59 Å². The fourth-order valence-electron chi connectivity index (χ4n) is 1.98. The van der Waals surface area contributed by atoms with Gasteiger partial charge in [0.15, 0.2) is 3.95 Å². The van der Waals surface area contributed by atoms with Crippen molar-refractivity contribution in [3.63, 3.8) is 0 Å². The van der Waals surface area contributed by atoms with Crippen molar-refractivity contribution in [3.8, 4) is 0 Å². The number of thiazole rings is 1. The van der Waals surface area contributed by atoms with Crippen molar-refractivity contribution in [3.05, 3.63) is 14.5 Å². The molecule has 1 aliphatic heterocycles. The molecule has 0 spiro atoms. The second-order valence-corrected chi connectivity index (χ2v) is 6.09. The van der Waals surface area contributed by atoms with Crippen LogP contribution in [0.1, 0.15) is 10.6 Å². The Kier molecular flexibility index (Phi) is 4.33. The van der Waals surface area contributed by atoms with Crippen molar-refractivity contribution in [1.29, 1.82) is 0 Å². The van der Waals surface area contributed by atoms with E-state index in [2.05, 4.69) is 4.98 Å². The fraction of sp³-hybridized carbons (Fsp3) is 0.545. The highest BCUT2D eigenvalue weighted by atomic mass is 32.1. The number of aromatic nitrogens is 1. The number of nitrogens with one attached hydrogen (secondary N) is 1. The number of morpholine rings is 1. The number of aromatic amines is 1. The van der Waals surface area contributed by atoms with Crippen LogP contribution >= 0.6 is 23.6 Å². The highest BCUT2D eigenvalue weighted by molar-refractivity contribution is 7.73. The molecule has 1 fully saturated rings. The van der Waals surface area contributed by atoms with E-state index in [-0.39, 0.29) is 18.9 Å². The minimum atomic E-state index is -0.673. The van der Waals surface area contributed by atoms with Crippen molar-refractivity contribution in [2.45, 2.75) is 19.4 Å². The molecule has 1 saturated heterocycles. The predicted molar refractivity (Wildman–Crippen MR) is 73.5 cm³/mol. The van der Waals surface area contributed by atoms with Crippen LogP contribution in [0.5, 0.6) is 0 Å². The van der Waals surface area contributed by atoms with Gasteiger partial charge in [-0.05, 0) is 19.1 Å². The lowest BCUT2D eigenvalue weighted by Crippen LogP contribution is -2.55. The Morgan fingerprint density at radius 1 is 1.63 bits per heavy atom. The van der Waals surface area contributed by atoms with Gasteiger partial charge in [-0.15, -0.1) is 11.3 Å². The number of nitrogens with zero attached hydrogens (tertiary/aromatic N) is 1. The minimum absolute atomic E-state index is 0.125. The van der Waals surface area contributed by atoms with E-state index in [9.17, 15) is 9.59 Å². The molecule has 104 valence electrons. The lowest BCUT2D eigenvalue weighted by Gasteiger charge is -2.33. The second kappa shape index (κ2) is 5.81. The van der Waals surface area contributed by atoms with Gasteiger partial charge >= 0.3 is 0 Å². The summed E-state index contributed by atoms with van der Waals surface area (Å²) in [6.45, 7) is 2.86. The van der Waals surface area contributed by atoms with Crippen LogP contribution in [0, 0.1) is 10.9 Å². The van der Waals surface area contributed by atoms with Crippen molar-refractivity contribution in [2.24, 2.45) is 5.73 Å². The van der Waals surface area contributed by atoms with Gasteiger partial charge in [0.2, 0.25) is 11.8 Å². The number of ether oxygens (including phenoxy) is 1. The summed E-state index contributed by atoms with van der Waals surface area (Å²) < 4.78 is 5.83. The van der Waals surface area contributed by atoms with Crippen LogP contribution in [0.4, 0.5) is 0 Å². The third-order valence-electron chi connectivity index (χ3n) is 3.01. The van der Waals surface area contributed by atoms with Gasteiger partial charge in [-0.2, -0.15) is 0 Å². The standard InChI is InChI=1S/C11H15N3O3S2/c1-6-8(19-11(18)13-6)4-9(15)14-2-3-17-5-7(14)10(12)16/h7H,2-5H2,1H3,(H2,12,16)(H,13,18). The van der Waals surface area contributed by atoms with E-state index in [0.717, 1.165) is 10.6 Å². The maximum absolute atomic E-state index is 12.3. The third-order valence-corrected chi connectivity index (χ3v) is 4.35. The summed E-state index contributed by atoms with van der Waals surface area (Å²) in [5, 5.41) is 0. The van der Waals surface area contributed by atoms with Gasteiger partial charge in [0.25, 0.3) is 0 Å². The molecule has 0 aliphatic carbocycles. The quantitative estimate of drug-likeness (QED) is 0.790. The maximum atomic E-state index is 12.3. The number of hydrogen-bond acceptors (Lipinski definition) is 5. The summed E-state index contributed by atoms with van der Waals surface area (Å²) in [6.07, 6.45) is 0.230. The monoisotopic (exact) mass is 301 g/mol. The minimum Gasteiger partial charge on any atom is -0.377 e. The number of carbonyl (C=O) groups excluding carboxylic acids is 2. The van der Waals surface area contributed by atoms with E-state index < -0.39 is 11.9 Å². The molecule has 2 amide bonds. The Hall–Kier alpha value is -1.25. The van der Waals surface area contributed by atoms with Crippen molar-refractivity contribution < 1.29 is 14.3 Å². The Labute approximate surface area is 119 Å². The van der Waals surface area contributed by atoms with E-state index in [1.54, 1.807) is 0 Å². The van der Waals surface area contributed by atoms with Crippen LogP contribution < -0.4 is 5.73 Å². The first-order valence-corrected chi connectivity index (χ1v) is 7.06. The number of H-pyrrole nitrogens is 1. The molecule has 19 heavy (non-hydrogen) atoms. The van der Waals surface area contributed by atoms with Crippen molar-refractivity contribution >= 4 is 35.4 Å². The molecule has 1 aromatic rings. The molecule has 0 bridgehead atoms. The number of carbonyl (C=O) groups is 2. The third kappa shape index (κ3) is 3.20. The summed E-state index contributed by atoms with van der Waals surface area (Å²) in [5.74, 6) is -0.660. The van der Waals surface area contributed by atoms with Crippen molar-refractivity contribution in [1.82, 2.24) is 9.88 Å². The normalized spacial score (nSPS) is 19.4. The predicted octanol–water partition coefficient (Wildman–Crippen LogP) is 0.369. The molecule has 0 aromatic carbocycles. The molecule has 1 atom stereocenters. The zero-order chi connectivity index (χ0) is 14.0. The zero-order valence-corrected chi connectivity index (χ0v) is 12.1. The van der Waals surface area contributed by atoms with Gasteiger partial charge in [0, 0.05) is 17.1 Å². The second-order valence-electron chi connectivity index (χ2n) is 4.32. The van der Waals surface area contributed by atoms with Crippen molar-refractivity contribution in [2.75, 3.05) is 19.8 Å². The van der Waals surface area contributed by atoms with Crippen LogP contribution in [-0.4, -0.2) is 47.5 Å². The van der Waals surface area contributed by atoms with Crippen LogP contribution in [0.2, 0.25) is 0 Å². The lowest BCUT2D eigenvalue weighted by atomic mass is 10.2. The zero-order valence-electron chi connectivity index (χ0n) is 10.5. The van der Waals surface area contributed by atoms with Crippen LogP contribution in [0.25, 0.3) is 0 Å². The molecule has 2 heterocycles. The average molecular weight is 301 g/mol. The smallest absolute Gasteiger partial charge is 0.242 e. The molecule has 1 aliphatic rings. The number of primary amides is 1. The molecular formula is C11H15N3O3S2. The number of nitrogens with two attached hydrogens (primary N) is 1. The van der Waals surface area contributed by atoms with E-state index >= 15 is 0 Å². The van der Waals surface area contributed by atoms with E-state index in [0.29, 0.717) is 17.1 Å². The van der Waals surface area contributed by atoms with Crippen LogP contribution in [0.3, 0.4) is 0 Å². The number of amides is 2. The first-order chi connectivity index (χ1) is 8.99. The molecule has 0 radical (unpaired) electrons. The topological polar surface area (TPSA) is 88.4 Å². The molecule has 3 N–H and O–H groups in total. The Bertz CT molecular complexity index is 552. The van der Waals surface area contributed by atoms with Gasteiger partial charge in [-0.1, -0.05) is 0 Å². The summed E-state index contributed by atoms with van der Waals surface area (Å²) in [5.41, 5.74) is 6.19. The maximum Gasteiger partial charge on any atom is 0.242 e. The Morgan fingerprint density at radius 3 is 2.95 bits per heavy atom. The van der Waals surface area contributed by atoms with E-state index in [4.69, 9.17) is 22.7 Å². The molecule has 6 nitrogen and oxygen atoms in total. The first kappa shape index (κ1) is 14.2. The van der Waals surface area contributed by atoms with Crippen LogP contribution in [0.15, 0.2) is 0 Å². The summed E-state index contributed by atoms with van der Waals surface area (Å²) in [4.78, 5) is 29.0. The summed E-state index contributed by atoms with van der Waals surface area (Å²) in [7, 11) is 0. The molecule has 1 unspecified atom stereocenters. The highest BCUT2D eigenvalue weighted by Gasteiger charge is 2.31. The first-order valence-electron chi connectivity index (χ1n) is 5.84.